The van der Waals surface area contributed by atoms with Crippen molar-refractivity contribution in [2.24, 2.45) is 0 Å². The lowest BCUT2D eigenvalue weighted by molar-refractivity contribution is 0.0450. The maximum absolute atomic E-state index is 11.9. The summed E-state index contributed by atoms with van der Waals surface area (Å²) in [6, 6.07) is 14.7. The zero-order valence-corrected chi connectivity index (χ0v) is 13.8. The molecule has 0 radical (unpaired) electrons. The van der Waals surface area contributed by atoms with Gasteiger partial charge < -0.3 is 14.2 Å². The SMILES string of the molecule is COCc1cccc(C(=O)OCCOc2cccc(Br)c2)c1. The summed E-state index contributed by atoms with van der Waals surface area (Å²) in [6.07, 6.45) is 0. The molecule has 0 aliphatic rings. The summed E-state index contributed by atoms with van der Waals surface area (Å²) in [5.74, 6) is 0.364. The fourth-order valence-electron chi connectivity index (χ4n) is 1.89. The van der Waals surface area contributed by atoms with Crippen molar-refractivity contribution in [3.05, 3.63) is 64.1 Å². The van der Waals surface area contributed by atoms with Gasteiger partial charge in [-0.2, -0.15) is 0 Å². The van der Waals surface area contributed by atoms with Crippen LogP contribution in [0, 0.1) is 0 Å². The second kappa shape index (κ2) is 8.56. The minimum absolute atomic E-state index is 0.194. The largest absolute Gasteiger partial charge is 0.490 e. The molecular weight excluding hydrogens is 348 g/mol. The minimum atomic E-state index is -0.365. The first-order valence-corrected chi connectivity index (χ1v) is 7.61. The van der Waals surface area contributed by atoms with Crippen LogP contribution in [-0.2, 0) is 16.1 Å². The number of esters is 1. The summed E-state index contributed by atoms with van der Waals surface area (Å²) >= 11 is 3.37. The smallest absolute Gasteiger partial charge is 0.338 e. The van der Waals surface area contributed by atoms with Gasteiger partial charge in [-0.25, -0.2) is 4.79 Å². The average Bonchev–Trinajstić information content (AvgIpc) is 2.52. The van der Waals surface area contributed by atoms with Crippen LogP contribution in [0.4, 0.5) is 0 Å². The first-order valence-electron chi connectivity index (χ1n) is 6.82. The Morgan fingerprint density at radius 2 is 1.91 bits per heavy atom. The van der Waals surface area contributed by atoms with Gasteiger partial charge in [-0.3, -0.25) is 0 Å². The van der Waals surface area contributed by atoms with Gasteiger partial charge in [0.15, 0.2) is 0 Å². The third-order valence-corrected chi connectivity index (χ3v) is 3.35. The first-order chi connectivity index (χ1) is 10.7. The quantitative estimate of drug-likeness (QED) is 0.553. The van der Waals surface area contributed by atoms with Gasteiger partial charge in [0.05, 0.1) is 12.2 Å². The molecule has 5 heteroatoms. The van der Waals surface area contributed by atoms with Gasteiger partial charge in [0.25, 0.3) is 0 Å². The molecule has 0 fully saturated rings. The van der Waals surface area contributed by atoms with Gasteiger partial charge in [-0.1, -0.05) is 34.1 Å². The van der Waals surface area contributed by atoms with Crippen molar-refractivity contribution in [3.8, 4) is 5.75 Å². The Labute approximate surface area is 138 Å². The van der Waals surface area contributed by atoms with Gasteiger partial charge in [-0.15, -0.1) is 0 Å². The van der Waals surface area contributed by atoms with Crippen LogP contribution < -0.4 is 4.74 Å². The van der Waals surface area contributed by atoms with E-state index < -0.39 is 0 Å². The Kier molecular flexibility index (Phi) is 6.43. The molecule has 22 heavy (non-hydrogen) atoms. The molecular formula is C17H17BrO4. The molecule has 0 bridgehead atoms. The van der Waals surface area contributed by atoms with E-state index in [1.807, 2.05) is 36.4 Å². The Morgan fingerprint density at radius 3 is 2.68 bits per heavy atom. The van der Waals surface area contributed by atoms with E-state index in [0.717, 1.165) is 15.8 Å². The zero-order valence-electron chi connectivity index (χ0n) is 12.3. The van der Waals surface area contributed by atoms with Crippen LogP contribution in [0.3, 0.4) is 0 Å². The number of halogens is 1. The number of methoxy groups -OCH3 is 1. The minimum Gasteiger partial charge on any atom is -0.490 e. The average molecular weight is 365 g/mol. The molecule has 0 spiro atoms. The summed E-state index contributed by atoms with van der Waals surface area (Å²) < 4.78 is 16.7. The normalized spacial score (nSPS) is 10.3. The molecule has 0 aliphatic carbocycles. The molecule has 0 aromatic heterocycles. The highest BCUT2D eigenvalue weighted by molar-refractivity contribution is 9.10. The molecule has 0 heterocycles. The Bertz CT molecular complexity index is 628. The topological polar surface area (TPSA) is 44.8 Å². The van der Waals surface area contributed by atoms with Crippen LogP contribution in [0.5, 0.6) is 5.75 Å². The van der Waals surface area contributed by atoms with Crippen molar-refractivity contribution >= 4 is 21.9 Å². The summed E-state index contributed by atoms with van der Waals surface area (Å²) in [7, 11) is 1.62. The Morgan fingerprint density at radius 1 is 1.09 bits per heavy atom. The van der Waals surface area contributed by atoms with Gasteiger partial charge in [0, 0.05) is 11.6 Å². The maximum atomic E-state index is 11.9. The third-order valence-electron chi connectivity index (χ3n) is 2.85. The van der Waals surface area contributed by atoms with Crippen LogP contribution in [0.1, 0.15) is 15.9 Å². The molecule has 2 rings (SSSR count). The molecule has 2 aromatic rings. The van der Waals surface area contributed by atoms with E-state index in [-0.39, 0.29) is 12.6 Å². The standard InChI is InChI=1S/C17H17BrO4/c1-20-12-13-4-2-5-14(10-13)17(19)22-9-8-21-16-7-3-6-15(18)11-16/h2-7,10-11H,8-9,12H2,1H3. The van der Waals surface area contributed by atoms with Crippen LogP contribution in [-0.4, -0.2) is 26.3 Å². The van der Waals surface area contributed by atoms with E-state index in [4.69, 9.17) is 14.2 Å². The number of rotatable bonds is 7. The molecule has 4 nitrogen and oxygen atoms in total. The van der Waals surface area contributed by atoms with Crippen molar-refractivity contribution in [2.45, 2.75) is 6.61 Å². The Hall–Kier alpha value is -1.85. The van der Waals surface area contributed by atoms with E-state index in [9.17, 15) is 4.79 Å². The van der Waals surface area contributed by atoms with Crippen LogP contribution in [0.25, 0.3) is 0 Å². The van der Waals surface area contributed by atoms with E-state index in [2.05, 4.69) is 15.9 Å². The van der Waals surface area contributed by atoms with E-state index in [1.165, 1.54) is 0 Å². The molecule has 0 saturated heterocycles. The second-order valence-electron chi connectivity index (χ2n) is 4.58. The van der Waals surface area contributed by atoms with E-state index in [0.29, 0.717) is 18.8 Å². The third kappa shape index (κ3) is 5.16. The highest BCUT2D eigenvalue weighted by atomic mass is 79.9. The second-order valence-corrected chi connectivity index (χ2v) is 5.49. The molecule has 2 aromatic carbocycles. The highest BCUT2D eigenvalue weighted by Gasteiger charge is 2.07. The van der Waals surface area contributed by atoms with Crippen molar-refractivity contribution < 1.29 is 19.0 Å². The number of hydrogen-bond acceptors (Lipinski definition) is 4. The van der Waals surface area contributed by atoms with Gasteiger partial charge >= 0.3 is 5.97 Å². The van der Waals surface area contributed by atoms with Crippen LogP contribution in [0.15, 0.2) is 53.0 Å². The number of benzene rings is 2. The maximum Gasteiger partial charge on any atom is 0.338 e. The summed E-state index contributed by atoms with van der Waals surface area (Å²) in [5, 5.41) is 0. The molecule has 0 aliphatic heterocycles. The predicted molar refractivity (Wildman–Crippen MR) is 87.1 cm³/mol. The fraction of sp³-hybridized carbons (Fsp3) is 0.235. The number of ether oxygens (including phenoxy) is 3. The summed E-state index contributed by atoms with van der Waals surface area (Å²) in [6.45, 7) is 0.965. The Balaban J connectivity index is 1.79. The fourth-order valence-corrected chi connectivity index (χ4v) is 2.27. The highest BCUT2D eigenvalue weighted by Crippen LogP contribution is 2.17. The first kappa shape index (κ1) is 16.5. The molecule has 0 saturated carbocycles. The van der Waals surface area contributed by atoms with Crippen molar-refractivity contribution in [1.29, 1.82) is 0 Å². The molecule has 0 atom stereocenters. The van der Waals surface area contributed by atoms with Gasteiger partial charge in [-0.05, 0) is 35.9 Å². The lowest BCUT2D eigenvalue weighted by atomic mass is 10.1. The number of carbonyl (C=O) groups excluding carboxylic acids is 1. The molecule has 0 N–H and O–H groups in total. The monoisotopic (exact) mass is 364 g/mol. The van der Waals surface area contributed by atoms with Crippen LogP contribution >= 0.6 is 15.9 Å². The van der Waals surface area contributed by atoms with Crippen molar-refractivity contribution in [3.63, 3.8) is 0 Å². The molecule has 0 unspecified atom stereocenters. The van der Waals surface area contributed by atoms with Crippen LogP contribution in [0.2, 0.25) is 0 Å². The zero-order chi connectivity index (χ0) is 15.8. The van der Waals surface area contributed by atoms with Gasteiger partial charge in [0.2, 0.25) is 0 Å². The predicted octanol–water partition coefficient (Wildman–Crippen LogP) is 3.83. The van der Waals surface area contributed by atoms with Crippen molar-refractivity contribution in [1.82, 2.24) is 0 Å². The number of hydrogen-bond donors (Lipinski definition) is 0. The summed E-state index contributed by atoms with van der Waals surface area (Å²) in [5.41, 5.74) is 1.44. The summed E-state index contributed by atoms with van der Waals surface area (Å²) in [4.78, 5) is 11.9. The molecule has 116 valence electrons. The lowest BCUT2D eigenvalue weighted by Gasteiger charge is -2.08. The number of carbonyl (C=O) groups is 1. The van der Waals surface area contributed by atoms with E-state index >= 15 is 0 Å². The van der Waals surface area contributed by atoms with Crippen molar-refractivity contribution in [2.75, 3.05) is 20.3 Å². The molecule has 0 amide bonds. The lowest BCUT2D eigenvalue weighted by Crippen LogP contribution is -2.12. The van der Waals surface area contributed by atoms with Gasteiger partial charge in [0.1, 0.15) is 19.0 Å². The van der Waals surface area contributed by atoms with E-state index in [1.54, 1.807) is 19.2 Å².